The van der Waals surface area contributed by atoms with Gasteiger partial charge in [0, 0.05) is 9.90 Å². The summed E-state index contributed by atoms with van der Waals surface area (Å²) in [5.41, 5.74) is 3.54. The van der Waals surface area contributed by atoms with Gasteiger partial charge in [0.2, 0.25) is 0 Å². The molecule has 0 aliphatic heterocycles. The molecule has 2 heterocycles. The largest absolute Gasteiger partial charge is 0.493 e. The number of hydrogen-bond acceptors (Lipinski definition) is 4. The molecule has 0 bridgehead atoms. The minimum absolute atomic E-state index is 0.0666. The van der Waals surface area contributed by atoms with E-state index in [0.717, 1.165) is 33.9 Å². The maximum absolute atomic E-state index is 13.2. The number of aryl methyl sites for hydroxylation is 1. The Hall–Kier alpha value is -2.63. The van der Waals surface area contributed by atoms with Crippen molar-refractivity contribution in [3.05, 3.63) is 75.8 Å². The third-order valence-electron chi connectivity index (χ3n) is 4.84. The van der Waals surface area contributed by atoms with E-state index in [1.165, 1.54) is 11.3 Å². The van der Waals surface area contributed by atoms with E-state index >= 15 is 0 Å². The first-order valence-electron chi connectivity index (χ1n) is 9.99. The van der Waals surface area contributed by atoms with Crippen LogP contribution in [0.1, 0.15) is 26.3 Å². The highest BCUT2D eigenvalue weighted by molar-refractivity contribution is 7.22. The summed E-state index contributed by atoms with van der Waals surface area (Å²) in [7, 11) is 0. The topological polar surface area (TPSA) is 44.1 Å². The molecule has 0 aliphatic carbocycles. The van der Waals surface area contributed by atoms with Crippen molar-refractivity contribution in [2.75, 3.05) is 6.61 Å². The van der Waals surface area contributed by atoms with Crippen molar-refractivity contribution in [2.24, 2.45) is 5.92 Å². The van der Waals surface area contributed by atoms with E-state index in [2.05, 4.69) is 25.8 Å². The smallest absolute Gasteiger partial charge is 0.275 e. The molecule has 6 heteroatoms. The normalized spacial score (nSPS) is 11.4. The van der Waals surface area contributed by atoms with Gasteiger partial charge in [-0.25, -0.2) is 4.98 Å². The van der Waals surface area contributed by atoms with Crippen LogP contribution in [0.25, 0.3) is 26.3 Å². The number of ether oxygens (including phenoxy) is 1. The average Bonchev–Trinajstić information content (AvgIpc) is 3.18. The molecule has 2 aromatic heterocycles. The van der Waals surface area contributed by atoms with Crippen LogP contribution in [-0.4, -0.2) is 16.2 Å². The molecule has 154 valence electrons. The number of halogens is 1. The molecular weight excluding hydrogens is 416 g/mol. The number of aromatic nitrogens is 2. The first-order chi connectivity index (χ1) is 14.5. The molecule has 0 aliphatic rings. The molecular formula is C24H23ClN2O2S. The fraction of sp³-hybridized carbons (Fsp3) is 0.250. The number of thiophene rings is 1. The van der Waals surface area contributed by atoms with Crippen molar-refractivity contribution in [3.8, 4) is 21.9 Å². The van der Waals surface area contributed by atoms with E-state index in [9.17, 15) is 4.79 Å². The third kappa shape index (κ3) is 4.13. The minimum atomic E-state index is -0.0666. The van der Waals surface area contributed by atoms with Gasteiger partial charge in [0.1, 0.15) is 16.8 Å². The molecule has 4 nitrogen and oxygen atoms in total. The summed E-state index contributed by atoms with van der Waals surface area (Å²) in [5, 5.41) is 0.688. The van der Waals surface area contributed by atoms with Crippen LogP contribution in [0.4, 0.5) is 0 Å². The second-order valence-corrected chi connectivity index (χ2v) is 9.09. The fourth-order valence-electron chi connectivity index (χ4n) is 3.24. The summed E-state index contributed by atoms with van der Waals surface area (Å²) < 4.78 is 8.18. The van der Waals surface area contributed by atoms with Gasteiger partial charge in [-0.1, -0.05) is 44.5 Å². The fourth-order valence-corrected chi connectivity index (χ4v) is 4.41. The highest BCUT2D eigenvalue weighted by atomic mass is 35.5. The molecule has 0 N–H and O–H groups in total. The van der Waals surface area contributed by atoms with Gasteiger partial charge in [-0.3, -0.25) is 9.36 Å². The van der Waals surface area contributed by atoms with Gasteiger partial charge in [0.15, 0.2) is 0 Å². The van der Waals surface area contributed by atoms with Crippen molar-refractivity contribution in [2.45, 2.75) is 27.2 Å². The Labute approximate surface area is 184 Å². The average molecular weight is 439 g/mol. The van der Waals surface area contributed by atoms with Crippen LogP contribution in [-0.2, 0) is 6.42 Å². The van der Waals surface area contributed by atoms with Crippen molar-refractivity contribution in [1.29, 1.82) is 0 Å². The molecule has 0 saturated carbocycles. The zero-order valence-electron chi connectivity index (χ0n) is 17.2. The zero-order valence-corrected chi connectivity index (χ0v) is 18.8. The van der Waals surface area contributed by atoms with E-state index in [0.29, 0.717) is 27.8 Å². The molecule has 30 heavy (non-hydrogen) atoms. The molecule has 0 saturated heterocycles. The Morgan fingerprint density at radius 3 is 2.60 bits per heavy atom. The molecule has 0 spiro atoms. The highest BCUT2D eigenvalue weighted by Gasteiger charge is 2.13. The third-order valence-corrected chi connectivity index (χ3v) is 6.26. The van der Waals surface area contributed by atoms with Crippen molar-refractivity contribution < 1.29 is 4.74 Å². The van der Waals surface area contributed by atoms with Crippen molar-refractivity contribution in [3.63, 3.8) is 0 Å². The van der Waals surface area contributed by atoms with Gasteiger partial charge in [0.05, 0.1) is 17.8 Å². The lowest BCUT2D eigenvalue weighted by atomic mass is 10.1. The second kappa shape index (κ2) is 8.62. The van der Waals surface area contributed by atoms with E-state index < -0.39 is 0 Å². The lowest BCUT2D eigenvalue weighted by Crippen LogP contribution is -2.18. The monoisotopic (exact) mass is 438 g/mol. The Kier molecular flexibility index (Phi) is 5.93. The highest BCUT2D eigenvalue weighted by Crippen LogP contribution is 2.32. The van der Waals surface area contributed by atoms with Crippen LogP contribution in [0.5, 0.6) is 5.75 Å². The van der Waals surface area contributed by atoms with Crippen LogP contribution in [0.15, 0.2) is 59.7 Å². The van der Waals surface area contributed by atoms with E-state index in [4.69, 9.17) is 16.3 Å². The molecule has 0 atom stereocenters. The van der Waals surface area contributed by atoms with Crippen LogP contribution in [0, 0.1) is 5.92 Å². The van der Waals surface area contributed by atoms with Gasteiger partial charge in [0.25, 0.3) is 5.56 Å². The molecule has 0 radical (unpaired) electrons. The van der Waals surface area contributed by atoms with Gasteiger partial charge in [-0.15, -0.1) is 11.3 Å². The maximum Gasteiger partial charge on any atom is 0.275 e. The number of hydrogen-bond donors (Lipinski definition) is 0. The summed E-state index contributed by atoms with van der Waals surface area (Å²) in [5.74, 6) is 1.33. The van der Waals surface area contributed by atoms with Crippen molar-refractivity contribution >= 4 is 33.2 Å². The predicted molar refractivity (Wildman–Crippen MR) is 125 cm³/mol. The second-order valence-electron chi connectivity index (χ2n) is 7.60. The Morgan fingerprint density at radius 1 is 1.13 bits per heavy atom. The van der Waals surface area contributed by atoms with Crippen molar-refractivity contribution in [1.82, 2.24) is 9.55 Å². The molecule has 2 aromatic carbocycles. The van der Waals surface area contributed by atoms with E-state index in [1.54, 1.807) is 10.9 Å². The van der Waals surface area contributed by atoms with Gasteiger partial charge in [-0.05, 0) is 59.9 Å². The predicted octanol–water partition coefficient (Wildman–Crippen LogP) is 6.36. The van der Waals surface area contributed by atoms with E-state index in [1.807, 2.05) is 48.5 Å². The zero-order chi connectivity index (χ0) is 21.3. The molecule has 0 unspecified atom stereocenters. The molecule has 0 amide bonds. The first-order valence-corrected chi connectivity index (χ1v) is 11.2. The Morgan fingerprint density at radius 2 is 1.90 bits per heavy atom. The maximum atomic E-state index is 13.2. The minimum Gasteiger partial charge on any atom is -0.493 e. The van der Waals surface area contributed by atoms with Gasteiger partial charge >= 0.3 is 0 Å². The molecule has 4 aromatic rings. The SMILES string of the molecule is CCc1cc(-n2cnc3cc(-c4ccc(Cl)cc4)sc3c2=O)ccc1OCC(C)C. The number of fused-ring (bicyclic) bond motifs is 1. The Bertz CT molecular complexity index is 1240. The van der Waals surface area contributed by atoms with Crippen LogP contribution in [0.2, 0.25) is 5.02 Å². The summed E-state index contributed by atoms with van der Waals surface area (Å²) in [4.78, 5) is 18.7. The molecule has 4 rings (SSSR count). The van der Waals surface area contributed by atoms with E-state index in [-0.39, 0.29) is 5.56 Å². The summed E-state index contributed by atoms with van der Waals surface area (Å²) in [6.45, 7) is 7.01. The summed E-state index contributed by atoms with van der Waals surface area (Å²) >= 11 is 7.44. The Balaban J connectivity index is 1.73. The standard InChI is InChI=1S/C24H23ClN2O2S/c1-4-16-11-19(9-10-21(16)29-13-15(2)3)27-14-26-20-12-22(30-23(20)24(27)28)17-5-7-18(25)8-6-17/h5-12,14-15H,4,13H2,1-3H3. The van der Waals surface area contributed by atoms with Gasteiger partial charge < -0.3 is 4.74 Å². The van der Waals surface area contributed by atoms with Crippen LogP contribution < -0.4 is 10.3 Å². The van der Waals surface area contributed by atoms with Gasteiger partial charge in [-0.2, -0.15) is 0 Å². The van der Waals surface area contributed by atoms with Crippen LogP contribution >= 0.6 is 22.9 Å². The van der Waals surface area contributed by atoms with Crippen LogP contribution in [0.3, 0.4) is 0 Å². The summed E-state index contributed by atoms with van der Waals surface area (Å²) in [6, 6.07) is 15.4. The lowest BCUT2D eigenvalue weighted by Gasteiger charge is -2.14. The number of benzene rings is 2. The summed E-state index contributed by atoms with van der Waals surface area (Å²) in [6.07, 6.45) is 2.43. The molecule has 0 fully saturated rings. The number of nitrogens with zero attached hydrogens (tertiary/aromatic N) is 2. The first kappa shape index (κ1) is 20.6. The number of rotatable bonds is 6. The quantitative estimate of drug-likeness (QED) is 0.351. The lowest BCUT2D eigenvalue weighted by molar-refractivity contribution is 0.268.